The molecule has 2 aromatic heterocycles. The summed E-state index contributed by atoms with van der Waals surface area (Å²) in [5, 5.41) is 12.0. The Kier molecular flexibility index (Phi) is 4.98. The van der Waals surface area contributed by atoms with E-state index in [1.54, 1.807) is 15.9 Å². The van der Waals surface area contributed by atoms with Crippen molar-refractivity contribution in [3.05, 3.63) is 50.5 Å². The molecule has 0 fully saturated rings. The molecule has 0 radical (unpaired) electrons. The van der Waals surface area contributed by atoms with Crippen LogP contribution in [0, 0.1) is 11.7 Å². The second kappa shape index (κ2) is 7.00. The highest BCUT2D eigenvalue weighted by Crippen LogP contribution is 2.27. The standard InChI is InChI=1S/C16H15BrN4OS2/c1-9-5-6-11(17)8-12(9)18-15(22)10(2)21-14(19-20-16(21)23)13-4-3-7-24-13/h3-8,10H,1-2H3,(H,18,22)(H,20,23). The molecule has 1 atom stereocenters. The number of halogens is 1. The fraction of sp³-hybridized carbons (Fsp3) is 0.188. The Morgan fingerprint density at radius 3 is 2.96 bits per heavy atom. The Bertz CT molecular complexity index is 930. The van der Waals surface area contributed by atoms with Crippen LogP contribution < -0.4 is 5.32 Å². The third-order valence-electron chi connectivity index (χ3n) is 3.67. The van der Waals surface area contributed by atoms with E-state index in [1.807, 2.05) is 49.6 Å². The molecule has 3 aromatic rings. The summed E-state index contributed by atoms with van der Waals surface area (Å²) < 4.78 is 3.08. The van der Waals surface area contributed by atoms with E-state index in [9.17, 15) is 4.79 Å². The van der Waals surface area contributed by atoms with E-state index in [4.69, 9.17) is 12.2 Å². The fourth-order valence-corrected chi connectivity index (χ4v) is 3.69. The molecule has 124 valence electrons. The third-order valence-corrected chi connectivity index (χ3v) is 5.32. The fourth-order valence-electron chi connectivity index (χ4n) is 2.33. The lowest BCUT2D eigenvalue weighted by molar-refractivity contribution is -0.118. The highest BCUT2D eigenvalue weighted by atomic mass is 79.9. The van der Waals surface area contributed by atoms with E-state index in [-0.39, 0.29) is 5.91 Å². The van der Waals surface area contributed by atoms with Gasteiger partial charge >= 0.3 is 0 Å². The number of aryl methyl sites for hydroxylation is 1. The molecule has 0 aliphatic carbocycles. The minimum absolute atomic E-state index is 0.147. The van der Waals surface area contributed by atoms with Gasteiger partial charge in [0.05, 0.1) is 4.88 Å². The van der Waals surface area contributed by atoms with E-state index >= 15 is 0 Å². The van der Waals surface area contributed by atoms with E-state index in [0.717, 1.165) is 20.6 Å². The van der Waals surface area contributed by atoms with Crippen LogP contribution in [0.25, 0.3) is 10.7 Å². The number of hydrogen-bond acceptors (Lipinski definition) is 4. The molecule has 0 aliphatic heterocycles. The smallest absolute Gasteiger partial charge is 0.247 e. The summed E-state index contributed by atoms with van der Waals surface area (Å²) >= 11 is 10.3. The molecule has 0 saturated carbocycles. The molecule has 0 aliphatic rings. The van der Waals surface area contributed by atoms with Gasteiger partial charge in [-0.1, -0.05) is 28.1 Å². The van der Waals surface area contributed by atoms with Crippen LogP contribution in [0.4, 0.5) is 5.69 Å². The Morgan fingerprint density at radius 2 is 2.25 bits per heavy atom. The number of amides is 1. The van der Waals surface area contributed by atoms with Gasteiger partial charge in [-0.15, -0.1) is 11.3 Å². The normalized spacial score (nSPS) is 12.1. The van der Waals surface area contributed by atoms with Crippen molar-refractivity contribution >= 4 is 51.1 Å². The Morgan fingerprint density at radius 1 is 1.46 bits per heavy atom. The van der Waals surface area contributed by atoms with Crippen molar-refractivity contribution < 1.29 is 4.79 Å². The SMILES string of the molecule is Cc1ccc(Br)cc1NC(=O)C(C)n1c(-c2cccs2)n[nH]c1=S. The summed E-state index contributed by atoms with van der Waals surface area (Å²) in [5.41, 5.74) is 1.77. The van der Waals surface area contributed by atoms with E-state index in [0.29, 0.717) is 10.6 Å². The Labute approximate surface area is 156 Å². The number of rotatable bonds is 4. The first-order valence-electron chi connectivity index (χ1n) is 7.25. The van der Waals surface area contributed by atoms with Gasteiger partial charge in [-0.25, -0.2) is 0 Å². The topological polar surface area (TPSA) is 62.7 Å². The van der Waals surface area contributed by atoms with Crippen LogP contribution in [0.15, 0.2) is 40.2 Å². The number of aromatic amines is 1. The first-order chi connectivity index (χ1) is 11.5. The minimum Gasteiger partial charge on any atom is -0.324 e. The minimum atomic E-state index is -0.494. The van der Waals surface area contributed by atoms with Crippen molar-refractivity contribution in [3.63, 3.8) is 0 Å². The van der Waals surface area contributed by atoms with Gasteiger partial charge in [0.15, 0.2) is 10.6 Å². The second-order valence-corrected chi connectivity index (χ2v) is 7.57. The van der Waals surface area contributed by atoms with Gasteiger partial charge in [0.1, 0.15) is 6.04 Å². The van der Waals surface area contributed by atoms with Gasteiger partial charge in [-0.2, -0.15) is 5.10 Å². The summed E-state index contributed by atoms with van der Waals surface area (Å²) in [7, 11) is 0. The largest absolute Gasteiger partial charge is 0.324 e. The average molecular weight is 423 g/mol. The van der Waals surface area contributed by atoms with Gasteiger partial charge in [0.25, 0.3) is 0 Å². The van der Waals surface area contributed by atoms with Gasteiger partial charge in [-0.05, 0) is 55.2 Å². The van der Waals surface area contributed by atoms with Gasteiger partial charge < -0.3 is 5.32 Å². The molecule has 1 unspecified atom stereocenters. The van der Waals surface area contributed by atoms with Crippen molar-refractivity contribution in [1.82, 2.24) is 14.8 Å². The van der Waals surface area contributed by atoms with Crippen LogP contribution >= 0.6 is 39.5 Å². The molecule has 2 heterocycles. The Hall–Kier alpha value is -1.77. The van der Waals surface area contributed by atoms with Crippen LogP contribution in [-0.2, 0) is 4.79 Å². The molecular formula is C16H15BrN4OS2. The molecule has 1 amide bonds. The predicted octanol–water partition coefficient (Wildman–Crippen LogP) is 4.94. The molecule has 24 heavy (non-hydrogen) atoms. The number of carbonyl (C=O) groups is 1. The van der Waals surface area contributed by atoms with Crippen LogP contribution in [-0.4, -0.2) is 20.7 Å². The zero-order valence-electron chi connectivity index (χ0n) is 13.0. The van der Waals surface area contributed by atoms with Crippen LogP contribution in [0.2, 0.25) is 0 Å². The molecule has 2 N–H and O–H groups in total. The van der Waals surface area contributed by atoms with Gasteiger partial charge in [-0.3, -0.25) is 14.5 Å². The number of nitrogens with one attached hydrogen (secondary N) is 2. The average Bonchev–Trinajstić information content (AvgIpc) is 3.19. The monoisotopic (exact) mass is 422 g/mol. The summed E-state index contributed by atoms with van der Waals surface area (Å²) in [6, 6.07) is 9.17. The highest BCUT2D eigenvalue weighted by Gasteiger charge is 2.21. The molecule has 1 aromatic carbocycles. The van der Waals surface area contributed by atoms with Crippen LogP contribution in [0.3, 0.4) is 0 Å². The van der Waals surface area contributed by atoms with Crippen molar-refractivity contribution in [2.75, 3.05) is 5.32 Å². The predicted molar refractivity (Wildman–Crippen MR) is 103 cm³/mol. The summed E-state index contributed by atoms with van der Waals surface area (Å²) in [6.45, 7) is 3.76. The van der Waals surface area contributed by atoms with Gasteiger partial charge in [0, 0.05) is 10.2 Å². The quantitative estimate of drug-likeness (QED) is 0.585. The molecule has 0 bridgehead atoms. The van der Waals surface area contributed by atoms with E-state index in [1.165, 1.54) is 0 Å². The molecule has 0 spiro atoms. The maximum Gasteiger partial charge on any atom is 0.247 e. The third kappa shape index (κ3) is 3.35. The lowest BCUT2D eigenvalue weighted by Crippen LogP contribution is -2.24. The van der Waals surface area contributed by atoms with Crippen molar-refractivity contribution in [2.24, 2.45) is 0 Å². The number of anilines is 1. The zero-order chi connectivity index (χ0) is 17.3. The number of benzene rings is 1. The maximum atomic E-state index is 12.7. The zero-order valence-corrected chi connectivity index (χ0v) is 16.3. The number of nitrogens with zero attached hydrogens (tertiary/aromatic N) is 2. The molecule has 8 heteroatoms. The van der Waals surface area contributed by atoms with Crippen LogP contribution in [0.1, 0.15) is 18.5 Å². The molecular weight excluding hydrogens is 408 g/mol. The Balaban J connectivity index is 1.91. The van der Waals surface area contributed by atoms with Crippen molar-refractivity contribution in [3.8, 4) is 10.7 Å². The number of thiophene rings is 1. The van der Waals surface area contributed by atoms with Crippen molar-refractivity contribution in [2.45, 2.75) is 19.9 Å². The number of carbonyl (C=O) groups excluding carboxylic acids is 1. The summed E-state index contributed by atoms with van der Waals surface area (Å²) in [6.07, 6.45) is 0. The molecule has 3 rings (SSSR count). The van der Waals surface area contributed by atoms with E-state index < -0.39 is 6.04 Å². The number of hydrogen-bond donors (Lipinski definition) is 2. The maximum absolute atomic E-state index is 12.7. The first-order valence-corrected chi connectivity index (χ1v) is 9.33. The van der Waals surface area contributed by atoms with Gasteiger partial charge in [0.2, 0.25) is 5.91 Å². The first kappa shape index (κ1) is 17.1. The number of aromatic nitrogens is 3. The molecule has 5 nitrogen and oxygen atoms in total. The van der Waals surface area contributed by atoms with Crippen LogP contribution in [0.5, 0.6) is 0 Å². The second-order valence-electron chi connectivity index (χ2n) is 5.32. The summed E-state index contributed by atoms with van der Waals surface area (Å²) in [4.78, 5) is 13.7. The number of H-pyrrole nitrogens is 1. The lowest BCUT2D eigenvalue weighted by Gasteiger charge is -2.16. The van der Waals surface area contributed by atoms with Crippen molar-refractivity contribution in [1.29, 1.82) is 0 Å². The highest BCUT2D eigenvalue weighted by molar-refractivity contribution is 9.10. The molecule has 0 saturated heterocycles. The summed E-state index contributed by atoms with van der Waals surface area (Å²) in [5.74, 6) is 0.523. The lowest BCUT2D eigenvalue weighted by atomic mass is 10.2. The van der Waals surface area contributed by atoms with E-state index in [2.05, 4.69) is 31.4 Å².